The fourth-order valence-electron chi connectivity index (χ4n) is 2.68. The van der Waals surface area contributed by atoms with Crippen LogP contribution in [-0.2, 0) is 18.1 Å². The van der Waals surface area contributed by atoms with Crippen molar-refractivity contribution >= 4 is 7.82 Å². The summed E-state index contributed by atoms with van der Waals surface area (Å²) in [5, 5.41) is 0. The van der Waals surface area contributed by atoms with E-state index >= 15 is 0 Å². The van der Waals surface area contributed by atoms with Crippen LogP contribution < -0.4 is 5.73 Å². The van der Waals surface area contributed by atoms with Crippen LogP contribution in [0.3, 0.4) is 0 Å². The summed E-state index contributed by atoms with van der Waals surface area (Å²) in [5.74, 6) is 0. The molecule has 0 radical (unpaired) electrons. The Morgan fingerprint density at radius 2 is 1.00 bits per heavy atom. The van der Waals surface area contributed by atoms with Crippen molar-refractivity contribution in [3.63, 3.8) is 0 Å². The first-order chi connectivity index (χ1) is 12.6. The van der Waals surface area contributed by atoms with Gasteiger partial charge in [0.1, 0.15) is 0 Å². The van der Waals surface area contributed by atoms with E-state index in [1.54, 1.807) is 6.92 Å². The third kappa shape index (κ3) is 22.1. The average molecular weight is 396 g/mol. The summed E-state index contributed by atoms with van der Waals surface area (Å²) in [6, 6.07) is 0. The molecule has 0 unspecified atom stereocenters. The molecule has 0 rings (SSSR count). The van der Waals surface area contributed by atoms with Gasteiger partial charge in [0.25, 0.3) is 0 Å². The third-order valence-corrected chi connectivity index (χ3v) is 5.76. The lowest BCUT2D eigenvalue weighted by Crippen LogP contribution is -1.97. The summed E-state index contributed by atoms with van der Waals surface area (Å²) >= 11 is 0. The molecule has 6 heteroatoms. The Hall–Kier alpha value is 0.0700. The quantitative estimate of drug-likeness (QED) is 0.203. The predicted molar refractivity (Wildman–Crippen MR) is 113 cm³/mol. The largest absolute Gasteiger partial charge is 0.474 e. The van der Waals surface area contributed by atoms with Gasteiger partial charge in [-0.15, -0.1) is 0 Å². The second-order valence-electron chi connectivity index (χ2n) is 6.62. The summed E-state index contributed by atoms with van der Waals surface area (Å²) in [6.07, 6.45) is 19.9. The second kappa shape index (κ2) is 23.1. The number of phosphoric acid groups is 1. The zero-order valence-electron chi connectivity index (χ0n) is 18.0. The molecule has 0 aromatic heterocycles. The van der Waals surface area contributed by atoms with Crippen LogP contribution >= 0.6 is 7.82 Å². The molecule has 0 bridgehead atoms. The number of hydrogen-bond donors (Lipinski definition) is 1. The second-order valence-corrected chi connectivity index (χ2v) is 8.50. The van der Waals surface area contributed by atoms with Crippen molar-refractivity contribution in [1.82, 2.24) is 0 Å². The first-order valence-corrected chi connectivity index (χ1v) is 12.1. The van der Waals surface area contributed by atoms with Gasteiger partial charge >= 0.3 is 7.82 Å². The van der Waals surface area contributed by atoms with Crippen LogP contribution in [0.2, 0.25) is 0 Å². The highest BCUT2D eigenvalue weighted by molar-refractivity contribution is 7.48. The first-order valence-electron chi connectivity index (χ1n) is 10.7. The van der Waals surface area contributed by atoms with Crippen molar-refractivity contribution in [3.05, 3.63) is 0 Å². The maximum atomic E-state index is 10.9. The number of unbranched alkanes of at least 4 members (excludes halogenated alkanes) is 13. The zero-order valence-corrected chi connectivity index (χ0v) is 18.9. The molecule has 0 aliphatic heterocycles. The summed E-state index contributed by atoms with van der Waals surface area (Å²) in [5.41, 5.74) is 5.47. The molecule has 0 atom stereocenters. The highest BCUT2D eigenvalue weighted by Crippen LogP contribution is 2.47. The highest BCUT2D eigenvalue weighted by Gasteiger charge is 2.20. The van der Waals surface area contributed by atoms with Crippen molar-refractivity contribution in [2.75, 3.05) is 27.4 Å². The number of rotatable bonds is 18. The molecule has 0 amide bonds. The molecule has 26 heavy (non-hydrogen) atoms. The predicted octanol–water partition coefficient (Wildman–Crippen LogP) is 6.85. The number of nitrogens with two attached hydrogens (primary N) is 1. The van der Waals surface area contributed by atoms with Gasteiger partial charge in [-0.3, -0.25) is 13.6 Å². The van der Waals surface area contributed by atoms with Gasteiger partial charge in [0.15, 0.2) is 0 Å². The maximum Gasteiger partial charge on any atom is 0.474 e. The molecule has 0 aromatic carbocycles. The van der Waals surface area contributed by atoms with Gasteiger partial charge < -0.3 is 5.73 Å². The van der Waals surface area contributed by atoms with E-state index in [1.807, 2.05) is 0 Å². The van der Waals surface area contributed by atoms with Gasteiger partial charge in [0, 0.05) is 14.2 Å². The van der Waals surface area contributed by atoms with Crippen LogP contribution in [0.4, 0.5) is 0 Å². The molecule has 0 spiro atoms. The van der Waals surface area contributed by atoms with E-state index in [-0.39, 0.29) is 0 Å². The SMILES string of the molecule is CCCCCCCCCCCCCCCCN.CCOP(=O)(OC)OC. The Bertz CT molecular complexity index is 282. The Kier molecular flexibility index (Phi) is 25.1. The van der Waals surface area contributed by atoms with Crippen molar-refractivity contribution < 1.29 is 18.1 Å². The van der Waals surface area contributed by atoms with Crippen molar-refractivity contribution in [3.8, 4) is 0 Å². The lowest BCUT2D eigenvalue weighted by atomic mass is 10.0. The average Bonchev–Trinajstić information content (AvgIpc) is 2.66. The summed E-state index contributed by atoms with van der Waals surface area (Å²) in [4.78, 5) is 0. The summed E-state index contributed by atoms with van der Waals surface area (Å²) in [6.45, 7) is 5.19. The minimum Gasteiger partial charge on any atom is -0.330 e. The van der Waals surface area contributed by atoms with E-state index in [0.29, 0.717) is 6.61 Å². The molecule has 0 fully saturated rings. The topological polar surface area (TPSA) is 70.8 Å². The first kappa shape index (κ1) is 28.3. The van der Waals surface area contributed by atoms with E-state index in [1.165, 1.54) is 104 Å². The normalized spacial score (nSPS) is 11.3. The molecule has 0 aliphatic rings. The molecule has 2 N–H and O–H groups in total. The summed E-state index contributed by atoms with van der Waals surface area (Å²) < 4.78 is 24.4. The molecule has 0 heterocycles. The molecule has 0 saturated carbocycles. The molecule has 0 aromatic rings. The van der Waals surface area contributed by atoms with Gasteiger partial charge in [0.05, 0.1) is 6.61 Å². The minimum absolute atomic E-state index is 0.318. The van der Waals surface area contributed by atoms with Gasteiger partial charge in [-0.1, -0.05) is 90.4 Å². The van der Waals surface area contributed by atoms with Crippen LogP contribution in [0.1, 0.15) is 104 Å². The highest BCUT2D eigenvalue weighted by atomic mass is 31.2. The monoisotopic (exact) mass is 395 g/mol. The Labute approximate surface area is 163 Å². The van der Waals surface area contributed by atoms with Gasteiger partial charge in [0.2, 0.25) is 0 Å². The Balaban J connectivity index is 0. The molecular weight excluding hydrogens is 349 g/mol. The standard InChI is InChI=1S/C16H35N.C4H11O4P/c1-2-3-4-5-6-7-8-9-10-11-12-13-14-15-16-17;1-4-8-9(5,6-2)7-3/h2-17H2,1H3;4H2,1-3H3. The minimum atomic E-state index is -3.18. The van der Waals surface area contributed by atoms with Crippen LogP contribution in [-0.4, -0.2) is 27.4 Å². The van der Waals surface area contributed by atoms with Crippen LogP contribution in [0.15, 0.2) is 0 Å². The van der Waals surface area contributed by atoms with E-state index in [4.69, 9.17) is 5.73 Å². The Morgan fingerprint density at radius 3 is 1.23 bits per heavy atom. The third-order valence-electron chi connectivity index (χ3n) is 4.29. The van der Waals surface area contributed by atoms with Crippen molar-refractivity contribution in [2.24, 2.45) is 5.73 Å². The van der Waals surface area contributed by atoms with Gasteiger partial charge in [-0.05, 0) is 19.9 Å². The number of hydrogen-bond acceptors (Lipinski definition) is 5. The number of phosphoric ester groups is 1. The van der Waals surface area contributed by atoms with Crippen LogP contribution in [0.5, 0.6) is 0 Å². The molecule has 5 nitrogen and oxygen atoms in total. The van der Waals surface area contributed by atoms with E-state index < -0.39 is 7.82 Å². The zero-order chi connectivity index (χ0) is 19.9. The maximum absolute atomic E-state index is 10.9. The van der Waals surface area contributed by atoms with Gasteiger partial charge in [-0.2, -0.15) is 0 Å². The molecule has 160 valence electrons. The lowest BCUT2D eigenvalue weighted by Gasteiger charge is -2.10. The fraction of sp³-hybridized carbons (Fsp3) is 1.00. The Morgan fingerprint density at radius 1 is 0.654 bits per heavy atom. The van der Waals surface area contributed by atoms with E-state index in [9.17, 15) is 4.57 Å². The van der Waals surface area contributed by atoms with E-state index in [0.717, 1.165) is 6.54 Å². The van der Waals surface area contributed by atoms with Gasteiger partial charge in [-0.25, -0.2) is 4.57 Å². The molecule has 0 saturated heterocycles. The smallest absolute Gasteiger partial charge is 0.330 e. The fourth-order valence-corrected chi connectivity index (χ4v) is 3.35. The van der Waals surface area contributed by atoms with Crippen LogP contribution in [0, 0.1) is 0 Å². The van der Waals surface area contributed by atoms with Crippen LogP contribution in [0.25, 0.3) is 0 Å². The van der Waals surface area contributed by atoms with Crippen molar-refractivity contribution in [2.45, 2.75) is 104 Å². The lowest BCUT2D eigenvalue weighted by molar-refractivity contribution is 0.158. The van der Waals surface area contributed by atoms with E-state index in [2.05, 4.69) is 20.5 Å². The molecule has 0 aliphatic carbocycles. The van der Waals surface area contributed by atoms with Crippen molar-refractivity contribution in [1.29, 1.82) is 0 Å². The summed E-state index contributed by atoms with van der Waals surface area (Å²) in [7, 11) is -0.626. The molecular formula is C20H46NO4P.